The third-order valence-electron chi connectivity index (χ3n) is 6.17. The molecule has 0 radical (unpaired) electrons. The second kappa shape index (κ2) is 5.53. The lowest BCUT2D eigenvalue weighted by Crippen LogP contribution is -2.59. The van der Waals surface area contributed by atoms with E-state index in [2.05, 4.69) is 23.8 Å². The minimum atomic E-state index is -0.559. The minimum absolute atomic E-state index is 0.00228. The molecule has 6 nitrogen and oxygen atoms in total. The third kappa shape index (κ3) is 2.48. The molecule has 3 N–H and O–H groups in total. The van der Waals surface area contributed by atoms with E-state index in [0.717, 1.165) is 6.42 Å². The second-order valence-corrected chi connectivity index (χ2v) is 8.36. The minimum Gasteiger partial charge on any atom is -0.369 e. The average Bonchev–Trinajstić information content (AvgIpc) is 3.11. The number of carbonyl (C=O) groups is 2. The number of nitrogens with one attached hydrogen (secondary N) is 1. The number of fused-ring (bicyclic) bond motifs is 2. The third-order valence-corrected chi connectivity index (χ3v) is 6.17. The number of aromatic amines is 1. The molecule has 7 heteroatoms. The molecular weight excluding hydrogens is 335 g/mol. The van der Waals surface area contributed by atoms with Crippen molar-refractivity contribution in [1.29, 1.82) is 0 Å². The van der Waals surface area contributed by atoms with E-state index < -0.39 is 5.41 Å². The van der Waals surface area contributed by atoms with Crippen LogP contribution in [0, 0.1) is 22.6 Å². The van der Waals surface area contributed by atoms with E-state index in [1.54, 1.807) is 11.0 Å². The van der Waals surface area contributed by atoms with Crippen molar-refractivity contribution in [3.8, 4) is 0 Å². The Morgan fingerprint density at radius 2 is 2.19 bits per heavy atom. The molecule has 1 saturated heterocycles. The summed E-state index contributed by atoms with van der Waals surface area (Å²) >= 11 is 0. The van der Waals surface area contributed by atoms with Crippen LogP contribution in [0.2, 0.25) is 0 Å². The molecule has 2 aliphatic rings. The largest absolute Gasteiger partial charge is 0.369 e. The number of aryl methyl sites for hydroxylation is 1. The predicted octanol–water partition coefficient (Wildman–Crippen LogP) is 1.99. The van der Waals surface area contributed by atoms with Crippen molar-refractivity contribution < 1.29 is 14.0 Å². The molecule has 0 unspecified atom stereocenters. The Morgan fingerprint density at radius 3 is 2.85 bits per heavy atom. The van der Waals surface area contributed by atoms with Crippen LogP contribution >= 0.6 is 0 Å². The van der Waals surface area contributed by atoms with E-state index in [1.807, 2.05) is 0 Å². The molecule has 2 aromatic rings. The maximum Gasteiger partial charge on any atom is 0.225 e. The van der Waals surface area contributed by atoms with Crippen LogP contribution in [0.3, 0.4) is 0 Å². The fourth-order valence-corrected chi connectivity index (χ4v) is 4.95. The first-order chi connectivity index (χ1) is 12.2. The van der Waals surface area contributed by atoms with E-state index in [0.29, 0.717) is 42.8 Å². The van der Waals surface area contributed by atoms with E-state index in [9.17, 15) is 14.0 Å². The summed E-state index contributed by atoms with van der Waals surface area (Å²) in [6, 6.07) is 4.37. The number of amides is 2. The molecule has 2 amide bonds. The maximum absolute atomic E-state index is 13.3. The van der Waals surface area contributed by atoms with Crippen molar-refractivity contribution in [2.75, 3.05) is 13.1 Å². The standard InChI is InChI=1S/C19H23FN4O2/c1-18(2)9-19(17(21)26)10-24(8-14(18)19)16(25)6-5-15-22-12-4-3-11(20)7-13(12)23-15/h3-4,7,14H,5-6,8-10H2,1-2H3,(H2,21,26)(H,22,23)/t14-,19+/m1/s1. The molecule has 1 aliphatic carbocycles. The molecule has 4 rings (SSSR count). The van der Waals surface area contributed by atoms with Crippen LogP contribution < -0.4 is 5.73 Å². The first-order valence-electron chi connectivity index (χ1n) is 8.93. The van der Waals surface area contributed by atoms with Gasteiger partial charge in [0.05, 0.1) is 16.4 Å². The lowest BCUT2D eigenvalue weighted by molar-refractivity contribution is -0.148. The number of primary amides is 1. The topological polar surface area (TPSA) is 92.1 Å². The lowest BCUT2D eigenvalue weighted by atomic mass is 9.48. The maximum atomic E-state index is 13.3. The molecular formula is C19H23FN4O2. The van der Waals surface area contributed by atoms with Crippen LogP contribution in [-0.4, -0.2) is 39.8 Å². The first-order valence-corrected chi connectivity index (χ1v) is 8.93. The molecule has 1 aliphatic heterocycles. The fourth-order valence-electron chi connectivity index (χ4n) is 4.95. The number of likely N-dealkylation sites (tertiary alicyclic amines) is 1. The van der Waals surface area contributed by atoms with Crippen molar-refractivity contribution in [3.05, 3.63) is 29.8 Å². The van der Waals surface area contributed by atoms with Gasteiger partial charge >= 0.3 is 0 Å². The number of hydrogen-bond acceptors (Lipinski definition) is 3. The van der Waals surface area contributed by atoms with Crippen LogP contribution in [-0.2, 0) is 16.0 Å². The number of aromatic nitrogens is 2. The normalized spacial score (nSPS) is 26.6. The number of nitrogens with two attached hydrogens (primary N) is 1. The zero-order chi connectivity index (χ0) is 18.7. The summed E-state index contributed by atoms with van der Waals surface area (Å²) < 4.78 is 13.3. The Balaban J connectivity index is 1.43. The Hall–Kier alpha value is -2.44. The molecule has 2 atom stereocenters. The molecule has 0 bridgehead atoms. The number of carbonyl (C=O) groups excluding carboxylic acids is 2. The summed E-state index contributed by atoms with van der Waals surface area (Å²) in [5, 5.41) is 0. The summed E-state index contributed by atoms with van der Waals surface area (Å²) in [6.45, 7) is 5.25. The van der Waals surface area contributed by atoms with Crippen LogP contribution in [0.25, 0.3) is 11.0 Å². The van der Waals surface area contributed by atoms with E-state index in [-0.39, 0.29) is 29.0 Å². The van der Waals surface area contributed by atoms with Crippen molar-refractivity contribution >= 4 is 22.8 Å². The lowest BCUT2D eigenvalue weighted by Gasteiger charge is -2.54. The molecule has 2 fully saturated rings. The van der Waals surface area contributed by atoms with Gasteiger partial charge in [-0.15, -0.1) is 0 Å². The highest BCUT2D eigenvalue weighted by Crippen LogP contribution is 2.62. The van der Waals surface area contributed by atoms with Gasteiger partial charge in [0.25, 0.3) is 0 Å². The summed E-state index contributed by atoms with van der Waals surface area (Å²) in [4.78, 5) is 33.9. The Kier molecular flexibility index (Phi) is 3.61. The number of H-pyrrole nitrogens is 1. The smallest absolute Gasteiger partial charge is 0.225 e. The van der Waals surface area contributed by atoms with Crippen molar-refractivity contribution in [2.24, 2.45) is 22.5 Å². The zero-order valence-electron chi connectivity index (χ0n) is 15.0. The fraction of sp³-hybridized carbons (Fsp3) is 0.526. The summed E-state index contributed by atoms with van der Waals surface area (Å²) in [5.41, 5.74) is 6.44. The zero-order valence-corrected chi connectivity index (χ0v) is 15.0. The van der Waals surface area contributed by atoms with Crippen molar-refractivity contribution in [1.82, 2.24) is 14.9 Å². The van der Waals surface area contributed by atoms with Crippen LogP contribution in [0.4, 0.5) is 4.39 Å². The number of imidazole rings is 1. The monoisotopic (exact) mass is 358 g/mol. The first kappa shape index (κ1) is 17.0. The van der Waals surface area contributed by atoms with E-state index in [1.165, 1.54) is 12.1 Å². The number of rotatable bonds is 4. The molecule has 0 spiro atoms. The Morgan fingerprint density at radius 1 is 1.42 bits per heavy atom. The van der Waals surface area contributed by atoms with Gasteiger partial charge in [0.15, 0.2) is 0 Å². The molecule has 2 heterocycles. The van der Waals surface area contributed by atoms with Gasteiger partial charge in [0.1, 0.15) is 11.6 Å². The van der Waals surface area contributed by atoms with Gasteiger partial charge in [0.2, 0.25) is 11.8 Å². The van der Waals surface area contributed by atoms with E-state index >= 15 is 0 Å². The van der Waals surface area contributed by atoms with Gasteiger partial charge in [-0.05, 0) is 36.0 Å². The molecule has 1 aromatic heterocycles. The van der Waals surface area contributed by atoms with Crippen molar-refractivity contribution in [2.45, 2.75) is 33.1 Å². The van der Waals surface area contributed by atoms with Crippen LogP contribution in [0.15, 0.2) is 18.2 Å². The molecule has 26 heavy (non-hydrogen) atoms. The van der Waals surface area contributed by atoms with Gasteiger partial charge in [-0.3, -0.25) is 9.59 Å². The van der Waals surface area contributed by atoms with Gasteiger partial charge in [-0.25, -0.2) is 9.37 Å². The Bertz CT molecular complexity index is 906. The highest BCUT2D eigenvalue weighted by molar-refractivity contribution is 5.86. The molecule has 1 aromatic carbocycles. The van der Waals surface area contributed by atoms with Crippen molar-refractivity contribution in [3.63, 3.8) is 0 Å². The highest BCUT2D eigenvalue weighted by atomic mass is 19.1. The van der Waals surface area contributed by atoms with Gasteiger partial charge < -0.3 is 15.6 Å². The van der Waals surface area contributed by atoms with E-state index in [4.69, 9.17) is 5.73 Å². The summed E-state index contributed by atoms with van der Waals surface area (Å²) in [6.07, 6.45) is 1.48. The second-order valence-electron chi connectivity index (χ2n) is 8.36. The SMILES string of the molecule is CC1(C)C[C@]2(C(N)=O)CN(C(=O)CCc3nc4ccc(F)cc4[nH]3)C[C@H]12. The van der Waals surface area contributed by atoms with Gasteiger partial charge in [-0.1, -0.05) is 13.8 Å². The highest BCUT2D eigenvalue weighted by Gasteiger charge is 2.66. The Labute approximate surface area is 150 Å². The molecule has 138 valence electrons. The summed E-state index contributed by atoms with van der Waals surface area (Å²) in [7, 11) is 0. The average molecular weight is 358 g/mol. The quantitative estimate of drug-likeness (QED) is 0.875. The predicted molar refractivity (Wildman–Crippen MR) is 94.5 cm³/mol. The number of benzene rings is 1. The number of halogens is 1. The number of hydrogen-bond donors (Lipinski definition) is 2. The van der Waals surface area contributed by atoms with Crippen LogP contribution in [0.1, 0.15) is 32.5 Å². The summed E-state index contributed by atoms with van der Waals surface area (Å²) in [5.74, 6) is 0.172. The van der Waals surface area contributed by atoms with Crippen LogP contribution in [0.5, 0.6) is 0 Å². The molecule has 1 saturated carbocycles. The van der Waals surface area contributed by atoms with Gasteiger partial charge in [-0.2, -0.15) is 0 Å². The van der Waals surface area contributed by atoms with Gasteiger partial charge in [0, 0.05) is 25.9 Å². The number of nitrogens with zero attached hydrogens (tertiary/aromatic N) is 2.